The Hall–Kier alpha value is -3.90. The molecule has 0 unspecified atom stereocenters. The van der Waals surface area contributed by atoms with Crippen LogP contribution < -0.4 is 15.6 Å². The first-order chi connectivity index (χ1) is 17.2. The second kappa shape index (κ2) is 9.28. The van der Waals surface area contributed by atoms with Gasteiger partial charge in [-0.2, -0.15) is 23.4 Å². The predicted molar refractivity (Wildman–Crippen MR) is 126 cm³/mol. The number of anilines is 1. The number of hydrogen-bond acceptors (Lipinski definition) is 7. The first-order valence-corrected chi connectivity index (χ1v) is 11.6. The Morgan fingerprint density at radius 3 is 2.58 bits per heavy atom. The summed E-state index contributed by atoms with van der Waals surface area (Å²) >= 11 is 0. The van der Waals surface area contributed by atoms with Crippen LogP contribution in [0.3, 0.4) is 0 Å². The molecule has 0 radical (unpaired) electrons. The van der Waals surface area contributed by atoms with E-state index in [-0.39, 0.29) is 18.0 Å². The number of rotatable bonds is 6. The Labute approximate surface area is 203 Å². The van der Waals surface area contributed by atoms with Crippen molar-refractivity contribution in [1.29, 1.82) is 0 Å². The van der Waals surface area contributed by atoms with Gasteiger partial charge in [-0.25, -0.2) is 9.67 Å². The summed E-state index contributed by atoms with van der Waals surface area (Å²) in [5.41, 5.74) is 1.84. The second-order valence-corrected chi connectivity index (χ2v) is 8.86. The number of ether oxygens (including phenoxy) is 1. The summed E-state index contributed by atoms with van der Waals surface area (Å²) in [6.45, 7) is -1.45. The molecule has 1 saturated carbocycles. The summed E-state index contributed by atoms with van der Waals surface area (Å²) in [4.78, 5) is 16.2. The van der Waals surface area contributed by atoms with E-state index in [2.05, 4.69) is 20.5 Å². The molecule has 0 amide bonds. The monoisotopic (exact) mass is 502 g/mol. The lowest BCUT2D eigenvalue weighted by molar-refractivity contribution is -0.143. The number of nitrogens with one attached hydrogen (secondary N) is 1. The van der Waals surface area contributed by atoms with Gasteiger partial charge in [-0.1, -0.05) is 0 Å². The minimum Gasteiger partial charge on any atom is -0.473 e. The van der Waals surface area contributed by atoms with Crippen LogP contribution in [0.25, 0.3) is 22.2 Å². The van der Waals surface area contributed by atoms with Gasteiger partial charge in [0, 0.05) is 55.6 Å². The number of halogens is 3. The molecule has 0 aliphatic heterocycles. The minimum atomic E-state index is -4.54. The van der Waals surface area contributed by atoms with Crippen molar-refractivity contribution in [2.45, 2.75) is 50.6 Å². The molecule has 10 nitrogen and oxygen atoms in total. The highest BCUT2D eigenvalue weighted by Crippen LogP contribution is 2.36. The lowest BCUT2D eigenvalue weighted by Crippen LogP contribution is -2.31. The molecule has 1 N–H and O–H groups in total. The summed E-state index contributed by atoms with van der Waals surface area (Å²) in [5.74, 6) is 0.744. The summed E-state index contributed by atoms with van der Waals surface area (Å²) in [6, 6.07) is 4.44. The van der Waals surface area contributed by atoms with Gasteiger partial charge >= 0.3 is 6.18 Å². The molecule has 1 fully saturated rings. The molecule has 0 aromatic carbocycles. The molecule has 0 atom stereocenters. The molecule has 13 heteroatoms. The first kappa shape index (κ1) is 23.8. The molecule has 190 valence electrons. The third kappa shape index (κ3) is 4.90. The number of fused-ring (bicyclic) bond motifs is 1. The lowest BCUT2D eigenvalue weighted by atomic mass is 9.93. The van der Waals surface area contributed by atoms with Crippen molar-refractivity contribution in [2.24, 2.45) is 7.05 Å². The molecule has 5 rings (SSSR count). The molecular weight excluding hydrogens is 477 g/mol. The van der Waals surface area contributed by atoms with Gasteiger partial charge in [0.25, 0.3) is 5.56 Å². The van der Waals surface area contributed by atoms with Crippen LogP contribution in [0.5, 0.6) is 5.88 Å². The van der Waals surface area contributed by atoms with Crippen molar-refractivity contribution in [3.63, 3.8) is 0 Å². The van der Waals surface area contributed by atoms with Crippen LogP contribution in [0.2, 0.25) is 0 Å². The van der Waals surface area contributed by atoms with Crippen LogP contribution in [0.15, 0.2) is 41.6 Å². The number of pyridine rings is 1. The van der Waals surface area contributed by atoms with Crippen molar-refractivity contribution >= 4 is 16.7 Å². The number of aromatic nitrogens is 7. The summed E-state index contributed by atoms with van der Waals surface area (Å²) in [5, 5.41) is 16.9. The topological polar surface area (TPSA) is 105 Å². The zero-order valence-corrected chi connectivity index (χ0v) is 19.7. The van der Waals surface area contributed by atoms with Crippen LogP contribution in [-0.4, -0.2) is 53.7 Å². The quantitative estimate of drug-likeness (QED) is 0.430. The van der Waals surface area contributed by atoms with Gasteiger partial charge in [-0.05, 0) is 25.7 Å². The highest BCUT2D eigenvalue weighted by molar-refractivity contribution is 5.93. The van der Waals surface area contributed by atoms with Gasteiger partial charge in [0.15, 0.2) is 0 Å². The fourth-order valence-corrected chi connectivity index (χ4v) is 4.56. The van der Waals surface area contributed by atoms with E-state index in [0.29, 0.717) is 17.5 Å². The molecule has 1 aliphatic carbocycles. The Morgan fingerprint density at radius 1 is 1.14 bits per heavy atom. The Balaban J connectivity index is 1.34. The number of alkyl halides is 3. The third-order valence-electron chi connectivity index (χ3n) is 6.27. The molecule has 4 aromatic rings. The number of hydrogen-bond donors (Lipinski definition) is 1. The lowest BCUT2D eigenvalue weighted by Gasteiger charge is -2.29. The van der Waals surface area contributed by atoms with Crippen molar-refractivity contribution in [1.82, 2.24) is 34.3 Å². The highest BCUT2D eigenvalue weighted by Gasteiger charge is 2.30. The Morgan fingerprint density at radius 2 is 1.92 bits per heavy atom. The summed E-state index contributed by atoms with van der Waals surface area (Å²) < 4.78 is 48.2. The maximum atomic E-state index is 12.7. The van der Waals surface area contributed by atoms with E-state index in [4.69, 9.17) is 9.84 Å². The van der Waals surface area contributed by atoms with E-state index in [1.54, 1.807) is 10.9 Å². The molecule has 36 heavy (non-hydrogen) atoms. The Bertz CT molecular complexity index is 1430. The van der Waals surface area contributed by atoms with E-state index in [1.807, 2.05) is 37.2 Å². The second-order valence-electron chi connectivity index (χ2n) is 8.86. The number of nitrogens with zero attached hydrogens (tertiary/aromatic N) is 7. The van der Waals surface area contributed by atoms with Gasteiger partial charge in [-0.15, -0.1) is 5.10 Å². The maximum absolute atomic E-state index is 12.7. The maximum Gasteiger partial charge on any atom is 0.408 e. The Kier molecular flexibility index (Phi) is 6.14. The predicted octanol–water partition coefficient (Wildman–Crippen LogP) is 3.56. The van der Waals surface area contributed by atoms with E-state index < -0.39 is 18.3 Å². The normalized spacial score (nSPS) is 18.5. The van der Waals surface area contributed by atoms with Crippen LogP contribution in [0.1, 0.15) is 31.7 Å². The van der Waals surface area contributed by atoms with Gasteiger partial charge in [-0.3, -0.25) is 14.2 Å². The van der Waals surface area contributed by atoms with Gasteiger partial charge in [0.05, 0.1) is 17.8 Å². The van der Waals surface area contributed by atoms with Crippen LogP contribution >= 0.6 is 0 Å². The zero-order chi connectivity index (χ0) is 25.4. The SMILES string of the molecule is CNc1cc2c(cn1)c(-c1cnn(C)c1)nn2[C@H]1CC[C@@H](Oc2ccc(=O)n(CC(F)(F)F)n2)CC1. The van der Waals surface area contributed by atoms with Crippen LogP contribution in [0.4, 0.5) is 19.0 Å². The number of aryl methyl sites for hydroxylation is 1. The zero-order valence-electron chi connectivity index (χ0n) is 19.7. The van der Waals surface area contributed by atoms with Crippen molar-refractivity contribution < 1.29 is 17.9 Å². The third-order valence-corrected chi connectivity index (χ3v) is 6.27. The molecule has 1 aliphatic rings. The molecule has 4 aromatic heterocycles. The fraction of sp³-hybridized carbons (Fsp3) is 0.435. The van der Waals surface area contributed by atoms with E-state index >= 15 is 0 Å². The average molecular weight is 503 g/mol. The van der Waals surface area contributed by atoms with Crippen molar-refractivity contribution in [2.75, 3.05) is 12.4 Å². The van der Waals surface area contributed by atoms with Crippen molar-refractivity contribution in [3.05, 3.63) is 47.1 Å². The van der Waals surface area contributed by atoms with E-state index in [9.17, 15) is 18.0 Å². The first-order valence-electron chi connectivity index (χ1n) is 11.6. The minimum absolute atomic E-state index is 0.00967. The smallest absolute Gasteiger partial charge is 0.408 e. The fourth-order valence-electron chi connectivity index (χ4n) is 4.56. The standard InChI is InChI=1S/C23H25F3N8O2/c1-27-19-9-18-17(11-28-19)22(14-10-29-32(2)12-14)31-34(18)15-3-5-16(6-4-15)36-20-7-8-21(35)33(30-20)13-23(24,25)26/h7-12,15-16H,3-6,13H2,1-2H3,(H,27,28)/t15-,16+. The average Bonchev–Trinajstić information content (AvgIpc) is 3.44. The van der Waals surface area contributed by atoms with Crippen molar-refractivity contribution in [3.8, 4) is 17.1 Å². The molecule has 4 heterocycles. The molecule has 0 spiro atoms. The van der Waals surface area contributed by atoms with Gasteiger partial charge < -0.3 is 10.1 Å². The molecule has 0 bridgehead atoms. The van der Waals surface area contributed by atoms with Gasteiger partial charge in [0.2, 0.25) is 5.88 Å². The van der Waals surface area contributed by atoms with Crippen LogP contribution in [0, 0.1) is 0 Å². The van der Waals surface area contributed by atoms with Gasteiger partial charge in [0.1, 0.15) is 24.2 Å². The highest BCUT2D eigenvalue weighted by atomic mass is 19.4. The van der Waals surface area contributed by atoms with E-state index in [0.717, 1.165) is 46.9 Å². The molecule has 0 saturated heterocycles. The molecular formula is C23H25F3N8O2. The summed E-state index contributed by atoms with van der Waals surface area (Å²) in [7, 11) is 3.66. The largest absolute Gasteiger partial charge is 0.473 e. The van der Waals surface area contributed by atoms with E-state index in [1.165, 1.54) is 6.07 Å². The van der Waals surface area contributed by atoms with Crippen LogP contribution in [-0.2, 0) is 13.6 Å². The summed E-state index contributed by atoms with van der Waals surface area (Å²) in [6.07, 6.45) is 3.57.